The Labute approximate surface area is 211 Å². The van der Waals surface area contributed by atoms with Gasteiger partial charge in [-0.1, -0.05) is 13.8 Å². The maximum Gasteiger partial charge on any atom is 0.408 e. The molecule has 2 heterocycles. The lowest BCUT2D eigenvalue weighted by Gasteiger charge is -2.25. The van der Waals surface area contributed by atoms with Crippen molar-refractivity contribution in [3.05, 3.63) is 24.0 Å². The molecule has 1 atom stereocenters. The number of hydrogen-bond donors (Lipinski definition) is 3. The number of amides is 2. The molecule has 11 heteroatoms. The van der Waals surface area contributed by atoms with E-state index in [1.54, 1.807) is 27.9 Å². The summed E-state index contributed by atoms with van der Waals surface area (Å²) in [6, 6.07) is 5.04. The van der Waals surface area contributed by atoms with Crippen molar-refractivity contribution in [2.75, 3.05) is 25.5 Å². The van der Waals surface area contributed by atoms with Crippen LogP contribution in [0.3, 0.4) is 0 Å². The van der Waals surface area contributed by atoms with Crippen molar-refractivity contribution in [1.82, 2.24) is 30.2 Å². The van der Waals surface area contributed by atoms with Crippen molar-refractivity contribution in [2.24, 2.45) is 5.92 Å². The van der Waals surface area contributed by atoms with Gasteiger partial charge in [0.05, 0.1) is 18.1 Å². The van der Waals surface area contributed by atoms with Crippen LogP contribution in [0.1, 0.15) is 53.3 Å². The Balaban J connectivity index is 1.53. The molecule has 11 nitrogen and oxygen atoms in total. The summed E-state index contributed by atoms with van der Waals surface area (Å²) in [4.78, 5) is 29.5. The minimum atomic E-state index is -0.666. The van der Waals surface area contributed by atoms with Gasteiger partial charge in [-0.15, -0.1) is 10.2 Å². The fraction of sp³-hybridized carbons (Fsp3) is 0.560. The topological polar surface area (TPSA) is 132 Å². The zero-order valence-electron chi connectivity index (χ0n) is 22.1. The van der Waals surface area contributed by atoms with Crippen LogP contribution in [-0.4, -0.2) is 63.4 Å². The number of carbonyl (C=O) groups excluding carboxylic acids is 2. The molecule has 2 aromatic heterocycles. The van der Waals surface area contributed by atoms with Gasteiger partial charge in [-0.2, -0.15) is 0 Å². The van der Waals surface area contributed by atoms with Gasteiger partial charge in [-0.25, -0.2) is 9.78 Å². The standard InChI is InChI=1S/C25H37N7O4/c1-15(2)20(29-24(34)36-25(4,5)6)23(33)27-13-9-8-12-26-21-22-31-30-16(3)32(22)19-11-10-17(35-7)14-18(19)28-21/h10-11,14-15,20H,8-9,12-13H2,1-7H3,(H,26,28)(H,27,33)(H,29,34). The smallest absolute Gasteiger partial charge is 0.408 e. The van der Waals surface area contributed by atoms with Gasteiger partial charge in [-0.3, -0.25) is 9.20 Å². The summed E-state index contributed by atoms with van der Waals surface area (Å²) in [5.74, 6) is 1.83. The molecule has 0 saturated carbocycles. The van der Waals surface area contributed by atoms with Crippen molar-refractivity contribution in [3.8, 4) is 5.75 Å². The monoisotopic (exact) mass is 499 g/mol. The third-order valence-electron chi connectivity index (χ3n) is 5.51. The van der Waals surface area contributed by atoms with Gasteiger partial charge in [0.2, 0.25) is 11.6 Å². The second-order valence-corrected chi connectivity index (χ2v) is 10.0. The van der Waals surface area contributed by atoms with Crippen LogP contribution >= 0.6 is 0 Å². The van der Waals surface area contributed by atoms with Gasteiger partial charge >= 0.3 is 6.09 Å². The number of nitrogens with zero attached hydrogens (tertiary/aromatic N) is 4. The average Bonchev–Trinajstić information content (AvgIpc) is 3.19. The summed E-state index contributed by atoms with van der Waals surface area (Å²) < 4.78 is 12.6. The van der Waals surface area contributed by atoms with Crippen molar-refractivity contribution >= 4 is 34.5 Å². The Hall–Kier alpha value is -3.63. The van der Waals surface area contributed by atoms with Gasteiger partial charge in [0.25, 0.3) is 0 Å². The van der Waals surface area contributed by atoms with E-state index in [9.17, 15) is 9.59 Å². The minimum Gasteiger partial charge on any atom is -0.497 e. The summed E-state index contributed by atoms with van der Waals surface area (Å²) >= 11 is 0. The van der Waals surface area contributed by atoms with Crippen LogP contribution in [0.25, 0.3) is 16.7 Å². The molecule has 0 fully saturated rings. The molecular formula is C25H37N7O4. The highest BCUT2D eigenvalue weighted by atomic mass is 16.6. The lowest BCUT2D eigenvalue weighted by atomic mass is 10.0. The highest BCUT2D eigenvalue weighted by Gasteiger charge is 2.26. The molecule has 196 valence electrons. The minimum absolute atomic E-state index is 0.0780. The highest BCUT2D eigenvalue weighted by Crippen LogP contribution is 2.25. The van der Waals surface area contributed by atoms with E-state index in [2.05, 4.69) is 26.1 Å². The largest absolute Gasteiger partial charge is 0.497 e. The maximum atomic E-state index is 12.6. The van der Waals surface area contributed by atoms with E-state index in [-0.39, 0.29) is 11.8 Å². The molecule has 0 saturated heterocycles. The van der Waals surface area contributed by atoms with Gasteiger partial charge in [-0.05, 0) is 58.6 Å². The first kappa shape index (κ1) is 27.0. The van der Waals surface area contributed by atoms with Crippen molar-refractivity contribution in [1.29, 1.82) is 0 Å². The molecule has 1 aromatic carbocycles. The van der Waals surface area contributed by atoms with Crippen LogP contribution < -0.4 is 20.7 Å². The fourth-order valence-electron chi connectivity index (χ4n) is 3.75. The average molecular weight is 500 g/mol. The summed E-state index contributed by atoms with van der Waals surface area (Å²) in [5.41, 5.74) is 1.71. The molecule has 0 aliphatic heterocycles. The van der Waals surface area contributed by atoms with E-state index in [0.717, 1.165) is 35.4 Å². The number of ether oxygens (including phenoxy) is 2. The predicted molar refractivity (Wildman–Crippen MR) is 138 cm³/mol. The van der Waals surface area contributed by atoms with Crippen LogP contribution in [0.15, 0.2) is 18.2 Å². The quantitative estimate of drug-likeness (QED) is 0.362. The number of benzene rings is 1. The van der Waals surface area contributed by atoms with E-state index < -0.39 is 17.7 Å². The zero-order valence-corrected chi connectivity index (χ0v) is 22.1. The SMILES string of the molecule is COc1ccc2c(c1)nc(NCCCCNC(=O)C(NC(=O)OC(C)(C)C)C(C)C)c1nnc(C)n12. The molecule has 0 spiro atoms. The van der Waals surface area contributed by atoms with E-state index in [1.807, 2.05) is 43.4 Å². The lowest BCUT2D eigenvalue weighted by Crippen LogP contribution is -2.51. The number of fused-ring (bicyclic) bond motifs is 3. The molecule has 1 unspecified atom stereocenters. The number of alkyl carbamates (subject to hydrolysis) is 1. The Morgan fingerprint density at radius 1 is 1.11 bits per heavy atom. The van der Waals surface area contributed by atoms with Crippen molar-refractivity contribution < 1.29 is 19.1 Å². The maximum absolute atomic E-state index is 12.6. The highest BCUT2D eigenvalue weighted by molar-refractivity contribution is 5.86. The number of aryl methyl sites for hydroxylation is 1. The Morgan fingerprint density at radius 2 is 1.83 bits per heavy atom. The summed E-state index contributed by atoms with van der Waals surface area (Å²) in [6.07, 6.45) is 0.943. The number of carbonyl (C=O) groups is 2. The van der Waals surface area contributed by atoms with E-state index in [0.29, 0.717) is 24.6 Å². The number of aromatic nitrogens is 4. The number of rotatable bonds is 10. The summed E-state index contributed by atoms with van der Waals surface area (Å²) in [5, 5.41) is 17.4. The number of anilines is 1. The lowest BCUT2D eigenvalue weighted by molar-refractivity contribution is -0.124. The molecular weight excluding hydrogens is 462 g/mol. The van der Waals surface area contributed by atoms with Crippen LogP contribution in [0.4, 0.5) is 10.6 Å². The number of unbranched alkanes of at least 4 members (excludes halogenated alkanes) is 1. The molecule has 3 rings (SSSR count). The molecule has 0 aliphatic carbocycles. The Bertz CT molecular complexity index is 1220. The Morgan fingerprint density at radius 3 is 2.50 bits per heavy atom. The molecule has 3 N–H and O–H groups in total. The second kappa shape index (κ2) is 11.4. The molecule has 2 amide bonds. The van der Waals surface area contributed by atoms with E-state index in [1.165, 1.54) is 0 Å². The second-order valence-electron chi connectivity index (χ2n) is 10.0. The third-order valence-corrected chi connectivity index (χ3v) is 5.51. The normalized spacial score (nSPS) is 12.6. The first-order valence-electron chi connectivity index (χ1n) is 12.2. The van der Waals surface area contributed by atoms with E-state index in [4.69, 9.17) is 14.5 Å². The zero-order chi connectivity index (χ0) is 26.5. The number of nitrogens with one attached hydrogen (secondary N) is 3. The van der Waals surface area contributed by atoms with Gasteiger partial charge in [0.1, 0.15) is 23.2 Å². The van der Waals surface area contributed by atoms with Crippen LogP contribution in [0, 0.1) is 12.8 Å². The van der Waals surface area contributed by atoms with Crippen LogP contribution in [-0.2, 0) is 9.53 Å². The van der Waals surface area contributed by atoms with Gasteiger partial charge < -0.3 is 25.4 Å². The molecule has 0 aliphatic rings. The first-order chi connectivity index (χ1) is 17.0. The Kier molecular flexibility index (Phi) is 8.54. The van der Waals surface area contributed by atoms with Crippen LogP contribution in [0.5, 0.6) is 5.75 Å². The molecule has 3 aromatic rings. The first-order valence-corrected chi connectivity index (χ1v) is 12.2. The predicted octanol–water partition coefficient (Wildman–Crippen LogP) is 3.45. The third kappa shape index (κ3) is 6.73. The van der Waals surface area contributed by atoms with Crippen LogP contribution in [0.2, 0.25) is 0 Å². The van der Waals surface area contributed by atoms with E-state index >= 15 is 0 Å². The summed E-state index contributed by atoms with van der Waals surface area (Å²) in [7, 11) is 1.62. The van der Waals surface area contributed by atoms with Crippen molar-refractivity contribution in [2.45, 2.75) is 66.0 Å². The molecule has 36 heavy (non-hydrogen) atoms. The number of methoxy groups -OCH3 is 1. The summed E-state index contributed by atoms with van der Waals surface area (Å²) in [6.45, 7) is 12.1. The van der Waals surface area contributed by atoms with Crippen molar-refractivity contribution in [3.63, 3.8) is 0 Å². The fourth-order valence-corrected chi connectivity index (χ4v) is 3.75. The molecule has 0 bridgehead atoms. The van der Waals surface area contributed by atoms with Gasteiger partial charge in [0, 0.05) is 19.2 Å². The number of hydrogen-bond acceptors (Lipinski definition) is 8. The van der Waals surface area contributed by atoms with Gasteiger partial charge in [0.15, 0.2) is 5.82 Å². The molecule has 0 radical (unpaired) electrons.